The van der Waals surface area contributed by atoms with E-state index in [1.807, 2.05) is 24.3 Å². The van der Waals surface area contributed by atoms with Crippen molar-refractivity contribution < 1.29 is 14.3 Å². The van der Waals surface area contributed by atoms with Crippen molar-refractivity contribution in [3.8, 4) is 0 Å². The molecular formula is C18H24N2O3. The van der Waals surface area contributed by atoms with Crippen LogP contribution in [0.5, 0.6) is 0 Å². The fourth-order valence-corrected chi connectivity index (χ4v) is 3.21. The van der Waals surface area contributed by atoms with Crippen molar-refractivity contribution >= 4 is 17.5 Å². The highest BCUT2D eigenvalue weighted by Gasteiger charge is 2.35. The minimum Gasteiger partial charge on any atom is -0.376 e. The molecule has 1 aromatic rings. The molecule has 2 aliphatic rings. The molecule has 2 aliphatic heterocycles. The van der Waals surface area contributed by atoms with Crippen LogP contribution in [-0.4, -0.2) is 37.6 Å². The van der Waals surface area contributed by atoms with Gasteiger partial charge in [0.2, 0.25) is 11.8 Å². The van der Waals surface area contributed by atoms with Gasteiger partial charge in [0.1, 0.15) is 0 Å². The molecule has 0 spiro atoms. The van der Waals surface area contributed by atoms with Crippen LogP contribution >= 0.6 is 0 Å². The molecule has 2 amide bonds. The summed E-state index contributed by atoms with van der Waals surface area (Å²) in [5, 5.41) is 2.93. The number of nitrogens with zero attached hydrogens (tertiary/aromatic N) is 1. The SMILES string of the molecule is CCc1ccc(N2CC(C(=O)NCC3CCCO3)CC2=O)cc1. The van der Waals surface area contributed by atoms with E-state index in [4.69, 9.17) is 4.74 Å². The Morgan fingerprint density at radius 1 is 1.35 bits per heavy atom. The molecule has 1 N–H and O–H groups in total. The Bertz CT molecular complexity index is 564. The van der Waals surface area contributed by atoms with E-state index in [2.05, 4.69) is 12.2 Å². The van der Waals surface area contributed by atoms with Gasteiger partial charge >= 0.3 is 0 Å². The Morgan fingerprint density at radius 2 is 2.13 bits per heavy atom. The summed E-state index contributed by atoms with van der Waals surface area (Å²) in [6.45, 7) is 3.89. The summed E-state index contributed by atoms with van der Waals surface area (Å²) in [5.74, 6) is -0.289. The second-order valence-corrected chi connectivity index (χ2v) is 6.31. The topological polar surface area (TPSA) is 58.6 Å². The van der Waals surface area contributed by atoms with E-state index >= 15 is 0 Å². The number of benzene rings is 1. The van der Waals surface area contributed by atoms with Gasteiger partial charge in [-0.2, -0.15) is 0 Å². The van der Waals surface area contributed by atoms with Gasteiger partial charge < -0.3 is 15.0 Å². The summed E-state index contributed by atoms with van der Waals surface area (Å²) in [7, 11) is 0. The third kappa shape index (κ3) is 3.72. The average Bonchev–Trinajstić information content (AvgIpc) is 3.22. The average molecular weight is 316 g/mol. The maximum atomic E-state index is 12.3. The number of hydrogen-bond acceptors (Lipinski definition) is 3. The van der Waals surface area contributed by atoms with Gasteiger partial charge in [-0.25, -0.2) is 0 Å². The van der Waals surface area contributed by atoms with E-state index in [0.717, 1.165) is 31.6 Å². The summed E-state index contributed by atoms with van der Waals surface area (Å²) in [6.07, 6.45) is 3.45. The highest BCUT2D eigenvalue weighted by atomic mass is 16.5. The Morgan fingerprint density at radius 3 is 2.78 bits per heavy atom. The van der Waals surface area contributed by atoms with Crippen molar-refractivity contribution in [3.05, 3.63) is 29.8 Å². The minimum absolute atomic E-state index is 0.0199. The van der Waals surface area contributed by atoms with Gasteiger partial charge in [-0.3, -0.25) is 9.59 Å². The third-order valence-electron chi connectivity index (χ3n) is 4.68. The molecule has 2 unspecified atom stereocenters. The van der Waals surface area contributed by atoms with E-state index in [0.29, 0.717) is 13.1 Å². The van der Waals surface area contributed by atoms with Crippen molar-refractivity contribution in [2.45, 2.75) is 38.7 Å². The quantitative estimate of drug-likeness (QED) is 0.902. The summed E-state index contributed by atoms with van der Waals surface area (Å²) < 4.78 is 5.51. The molecule has 124 valence electrons. The van der Waals surface area contributed by atoms with Crippen LogP contribution in [0.25, 0.3) is 0 Å². The van der Waals surface area contributed by atoms with E-state index < -0.39 is 0 Å². The highest BCUT2D eigenvalue weighted by Crippen LogP contribution is 2.25. The predicted octanol–water partition coefficient (Wildman–Crippen LogP) is 1.90. The van der Waals surface area contributed by atoms with Crippen LogP contribution in [0.4, 0.5) is 5.69 Å². The van der Waals surface area contributed by atoms with Crippen LogP contribution in [0, 0.1) is 5.92 Å². The van der Waals surface area contributed by atoms with Gasteiger partial charge in [0.25, 0.3) is 0 Å². The number of amides is 2. The zero-order valence-corrected chi connectivity index (χ0v) is 13.6. The molecule has 1 aromatic carbocycles. The number of hydrogen-bond donors (Lipinski definition) is 1. The van der Waals surface area contributed by atoms with Gasteiger partial charge in [0.15, 0.2) is 0 Å². The second kappa shape index (κ2) is 7.13. The first-order chi connectivity index (χ1) is 11.2. The summed E-state index contributed by atoms with van der Waals surface area (Å²) in [5.41, 5.74) is 2.12. The zero-order valence-electron chi connectivity index (χ0n) is 13.6. The smallest absolute Gasteiger partial charge is 0.227 e. The van der Waals surface area contributed by atoms with E-state index in [1.165, 1.54) is 5.56 Å². The number of rotatable bonds is 5. The van der Waals surface area contributed by atoms with E-state index in [9.17, 15) is 9.59 Å². The molecule has 2 atom stereocenters. The lowest BCUT2D eigenvalue weighted by Crippen LogP contribution is -2.37. The first-order valence-electron chi connectivity index (χ1n) is 8.46. The Labute approximate surface area is 137 Å². The molecule has 5 nitrogen and oxygen atoms in total. The van der Waals surface area contributed by atoms with Crippen LogP contribution in [0.1, 0.15) is 31.7 Å². The molecule has 0 radical (unpaired) electrons. The Hall–Kier alpha value is -1.88. The lowest BCUT2D eigenvalue weighted by molar-refractivity contribution is -0.126. The van der Waals surface area contributed by atoms with Gasteiger partial charge in [0.05, 0.1) is 12.0 Å². The van der Waals surface area contributed by atoms with Gasteiger partial charge in [-0.15, -0.1) is 0 Å². The van der Waals surface area contributed by atoms with Crippen LogP contribution in [0.3, 0.4) is 0 Å². The highest BCUT2D eigenvalue weighted by molar-refractivity contribution is 6.00. The summed E-state index contributed by atoms with van der Waals surface area (Å²) >= 11 is 0. The van der Waals surface area contributed by atoms with Gasteiger partial charge in [-0.05, 0) is 37.0 Å². The predicted molar refractivity (Wildman–Crippen MR) is 88.3 cm³/mol. The largest absolute Gasteiger partial charge is 0.376 e. The van der Waals surface area contributed by atoms with Crippen molar-refractivity contribution in [1.82, 2.24) is 5.32 Å². The molecule has 0 bridgehead atoms. The number of carbonyl (C=O) groups excluding carboxylic acids is 2. The molecule has 5 heteroatoms. The number of carbonyl (C=O) groups is 2. The zero-order chi connectivity index (χ0) is 16.2. The van der Waals surface area contributed by atoms with Crippen LogP contribution in [0.2, 0.25) is 0 Å². The maximum Gasteiger partial charge on any atom is 0.227 e. The molecule has 2 heterocycles. The maximum absolute atomic E-state index is 12.3. The van der Waals surface area contributed by atoms with E-state index in [-0.39, 0.29) is 30.3 Å². The lowest BCUT2D eigenvalue weighted by atomic mass is 10.1. The number of nitrogens with one attached hydrogen (secondary N) is 1. The summed E-state index contributed by atoms with van der Waals surface area (Å²) in [4.78, 5) is 26.2. The van der Waals surface area contributed by atoms with Crippen molar-refractivity contribution in [3.63, 3.8) is 0 Å². The number of aryl methyl sites for hydroxylation is 1. The van der Waals surface area contributed by atoms with Crippen LogP contribution < -0.4 is 10.2 Å². The molecule has 0 aliphatic carbocycles. The van der Waals surface area contributed by atoms with Crippen molar-refractivity contribution in [2.75, 3.05) is 24.6 Å². The number of ether oxygens (including phenoxy) is 1. The van der Waals surface area contributed by atoms with Gasteiger partial charge in [-0.1, -0.05) is 19.1 Å². The normalized spacial score (nSPS) is 24.2. The minimum atomic E-state index is -0.269. The first-order valence-corrected chi connectivity index (χ1v) is 8.46. The molecule has 0 aromatic heterocycles. The Balaban J connectivity index is 1.56. The molecule has 2 saturated heterocycles. The van der Waals surface area contributed by atoms with Crippen molar-refractivity contribution in [1.29, 1.82) is 0 Å². The third-order valence-corrected chi connectivity index (χ3v) is 4.68. The Kier molecular flexibility index (Phi) is 4.96. The second-order valence-electron chi connectivity index (χ2n) is 6.31. The first kappa shape index (κ1) is 16.0. The standard InChI is InChI=1S/C18H24N2O3/c1-2-13-5-7-15(8-6-13)20-12-14(10-17(20)21)18(22)19-11-16-4-3-9-23-16/h5-8,14,16H,2-4,9-12H2,1H3,(H,19,22). The molecule has 0 saturated carbocycles. The molecular weight excluding hydrogens is 292 g/mol. The lowest BCUT2D eigenvalue weighted by Gasteiger charge is -2.17. The summed E-state index contributed by atoms with van der Waals surface area (Å²) in [6, 6.07) is 7.99. The molecule has 23 heavy (non-hydrogen) atoms. The molecule has 3 rings (SSSR count). The van der Waals surface area contributed by atoms with Gasteiger partial charge in [0, 0.05) is 31.8 Å². The molecule has 2 fully saturated rings. The van der Waals surface area contributed by atoms with Crippen LogP contribution in [-0.2, 0) is 20.7 Å². The van der Waals surface area contributed by atoms with E-state index in [1.54, 1.807) is 4.90 Å². The van der Waals surface area contributed by atoms with Crippen LogP contribution in [0.15, 0.2) is 24.3 Å². The van der Waals surface area contributed by atoms with Crippen molar-refractivity contribution in [2.24, 2.45) is 5.92 Å². The monoisotopic (exact) mass is 316 g/mol. The number of anilines is 1. The fraction of sp³-hybridized carbons (Fsp3) is 0.556. The fourth-order valence-electron chi connectivity index (χ4n) is 3.21.